The average Bonchev–Trinajstić information content (AvgIpc) is 3.26. The monoisotopic (exact) mass is 474 g/mol. The van der Waals surface area contributed by atoms with Gasteiger partial charge in [-0.3, -0.25) is 9.78 Å². The molecular formula is C24H22F4N4O2. The number of nitrogens with zero attached hydrogens (tertiary/aromatic N) is 3. The molecule has 3 unspecified atom stereocenters. The fourth-order valence-electron chi connectivity index (χ4n) is 5.32. The lowest BCUT2D eigenvalue weighted by molar-refractivity contribution is -0.144. The van der Waals surface area contributed by atoms with Gasteiger partial charge in [0.2, 0.25) is 11.7 Å². The lowest BCUT2D eigenvalue weighted by Crippen LogP contribution is -2.27. The summed E-state index contributed by atoms with van der Waals surface area (Å²) < 4.78 is 57.8. The molecule has 2 saturated carbocycles. The van der Waals surface area contributed by atoms with Gasteiger partial charge in [-0.25, -0.2) is 14.4 Å². The molecule has 5 atom stereocenters. The number of hydrogen-bond donors (Lipinski definition) is 1. The number of nitrogens with one attached hydrogen (secondary N) is 1. The number of carbonyl (C=O) groups is 1. The Morgan fingerprint density at radius 3 is 2.50 bits per heavy atom. The third-order valence-corrected chi connectivity index (χ3v) is 6.84. The van der Waals surface area contributed by atoms with E-state index in [0.29, 0.717) is 34.9 Å². The molecule has 2 heterocycles. The van der Waals surface area contributed by atoms with Crippen LogP contribution in [0.5, 0.6) is 5.75 Å². The summed E-state index contributed by atoms with van der Waals surface area (Å²) in [6.07, 6.45) is 1.13. The number of pyridine rings is 1. The van der Waals surface area contributed by atoms with E-state index in [1.165, 1.54) is 12.1 Å². The van der Waals surface area contributed by atoms with Crippen LogP contribution < -0.4 is 10.1 Å². The predicted molar refractivity (Wildman–Crippen MR) is 115 cm³/mol. The fourth-order valence-corrected chi connectivity index (χ4v) is 5.32. The second-order valence-corrected chi connectivity index (χ2v) is 8.88. The smallest absolute Gasteiger partial charge is 0.451 e. The van der Waals surface area contributed by atoms with Crippen molar-refractivity contribution in [3.63, 3.8) is 0 Å². The van der Waals surface area contributed by atoms with Crippen LogP contribution in [0.15, 0.2) is 42.9 Å². The van der Waals surface area contributed by atoms with Crippen molar-refractivity contribution in [2.24, 2.45) is 23.7 Å². The first-order chi connectivity index (χ1) is 16.2. The van der Waals surface area contributed by atoms with Gasteiger partial charge in [0, 0.05) is 17.5 Å². The topological polar surface area (TPSA) is 77.0 Å². The number of rotatable bonds is 6. The van der Waals surface area contributed by atoms with E-state index in [9.17, 15) is 22.4 Å². The Kier molecular flexibility index (Phi) is 5.61. The number of anilines is 1. The average molecular weight is 474 g/mol. The molecule has 5 rings (SSSR count). The highest BCUT2D eigenvalue weighted by molar-refractivity contribution is 5.92. The Hall–Kier alpha value is -3.30. The first-order valence-electron chi connectivity index (χ1n) is 11.2. The van der Waals surface area contributed by atoms with E-state index in [1.807, 2.05) is 6.92 Å². The molecule has 34 heavy (non-hydrogen) atoms. The van der Waals surface area contributed by atoms with E-state index < -0.39 is 12.0 Å². The Morgan fingerprint density at radius 1 is 1.15 bits per heavy atom. The number of ether oxygens (including phenoxy) is 1. The molecule has 2 aliphatic rings. The third-order valence-electron chi connectivity index (χ3n) is 6.84. The number of amides is 1. The molecule has 0 saturated heterocycles. The zero-order valence-corrected chi connectivity index (χ0v) is 18.2. The molecule has 2 fully saturated rings. The SMILES string of the molecule is CCC(C(=O)Nc1cnc(C(F)(F)F)nc1)C1[C@H]2CC(Oc3ccnc4ccc(F)cc34)C[C@@H]12. The normalized spacial score (nSPS) is 24.5. The van der Waals surface area contributed by atoms with Crippen LogP contribution in [-0.2, 0) is 11.0 Å². The number of aromatic nitrogens is 3. The maximum absolute atomic E-state index is 13.7. The lowest BCUT2D eigenvalue weighted by Gasteiger charge is -2.21. The Balaban J connectivity index is 1.20. The maximum atomic E-state index is 13.7. The summed E-state index contributed by atoms with van der Waals surface area (Å²) in [6, 6.07) is 6.13. The second-order valence-electron chi connectivity index (χ2n) is 8.88. The molecule has 6 nitrogen and oxygen atoms in total. The fraction of sp³-hybridized carbons (Fsp3) is 0.417. The van der Waals surface area contributed by atoms with Crippen LogP contribution in [0.2, 0.25) is 0 Å². The van der Waals surface area contributed by atoms with Gasteiger partial charge in [-0.2, -0.15) is 13.2 Å². The van der Waals surface area contributed by atoms with Gasteiger partial charge in [-0.1, -0.05) is 6.92 Å². The van der Waals surface area contributed by atoms with Gasteiger partial charge in [0.15, 0.2) is 0 Å². The summed E-state index contributed by atoms with van der Waals surface area (Å²) in [7, 11) is 0. The minimum absolute atomic E-state index is 0.0241. The largest absolute Gasteiger partial charge is 0.490 e. The molecule has 2 aromatic heterocycles. The van der Waals surface area contributed by atoms with E-state index >= 15 is 0 Å². The quantitative estimate of drug-likeness (QED) is 0.494. The zero-order chi connectivity index (χ0) is 24.0. The first-order valence-corrected chi connectivity index (χ1v) is 11.2. The molecule has 0 aliphatic heterocycles. The molecule has 1 aromatic carbocycles. The Bertz CT molecular complexity index is 1210. The van der Waals surface area contributed by atoms with Crippen LogP contribution in [0.1, 0.15) is 32.0 Å². The van der Waals surface area contributed by atoms with Crippen LogP contribution >= 0.6 is 0 Å². The number of benzene rings is 1. The maximum Gasteiger partial charge on any atom is 0.451 e. The minimum atomic E-state index is -4.63. The zero-order valence-electron chi connectivity index (χ0n) is 18.2. The van der Waals surface area contributed by atoms with Gasteiger partial charge in [-0.05, 0) is 61.3 Å². The molecule has 0 bridgehead atoms. The van der Waals surface area contributed by atoms with Crippen molar-refractivity contribution in [1.82, 2.24) is 15.0 Å². The van der Waals surface area contributed by atoms with Crippen LogP contribution in [0, 0.1) is 29.5 Å². The van der Waals surface area contributed by atoms with Gasteiger partial charge >= 0.3 is 6.18 Å². The number of hydrogen-bond acceptors (Lipinski definition) is 5. The molecule has 0 spiro atoms. The summed E-state index contributed by atoms with van der Waals surface area (Å²) in [5, 5.41) is 3.28. The van der Waals surface area contributed by atoms with Gasteiger partial charge < -0.3 is 10.1 Å². The summed E-state index contributed by atoms with van der Waals surface area (Å²) in [6.45, 7) is 1.92. The Labute approximate surface area is 192 Å². The van der Waals surface area contributed by atoms with Crippen LogP contribution in [0.4, 0.5) is 23.2 Å². The van der Waals surface area contributed by atoms with Crippen molar-refractivity contribution in [2.75, 3.05) is 5.32 Å². The van der Waals surface area contributed by atoms with Gasteiger partial charge in [-0.15, -0.1) is 0 Å². The molecule has 3 aromatic rings. The third kappa shape index (κ3) is 4.28. The van der Waals surface area contributed by atoms with Crippen molar-refractivity contribution >= 4 is 22.5 Å². The van der Waals surface area contributed by atoms with Gasteiger partial charge in [0.1, 0.15) is 11.6 Å². The second kappa shape index (κ2) is 8.48. The molecule has 178 valence electrons. The molecular weight excluding hydrogens is 452 g/mol. The van der Waals surface area contributed by atoms with Crippen LogP contribution in [0.25, 0.3) is 10.9 Å². The van der Waals surface area contributed by atoms with Gasteiger partial charge in [0.25, 0.3) is 0 Å². The van der Waals surface area contributed by atoms with Crippen molar-refractivity contribution < 1.29 is 27.1 Å². The molecule has 2 aliphatic carbocycles. The summed E-state index contributed by atoms with van der Waals surface area (Å²) in [5.74, 6) is -0.609. The van der Waals surface area contributed by atoms with Crippen molar-refractivity contribution in [3.05, 3.63) is 54.5 Å². The molecule has 1 N–H and O–H groups in total. The first kappa shape index (κ1) is 22.5. The van der Waals surface area contributed by atoms with Crippen LogP contribution in [-0.4, -0.2) is 27.0 Å². The lowest BCUT2D eigenvalue weighted by atomic mass is 9.93. The van der Waals surface area contributed by atoms with E-state index in [4.69, 9.17) is 4.74 Å². The van der Waals surface area contributed by atoms with E-state index in [1.54, 1.807) is 18.3 Å². The van der Waals surface area contributed by atoms with E-state index in [0.717, 1.165) is 25.2 Å². The van der Waals surface area contributed by atoms with Crippen LogP contribution in [0.3, 0.4) is 0 Å². The van der Waals surface area contributed by atoms with E-state index in [2.05, 4.69) is 20.3 Å². The highest BCUT2D eigenvalue weighted by Crippen LogP contribution is 2.62. The summed E-state index contributed by atoms with van der Waals surface area (Å²) in [4.78, 5) is 23.6. The minimum Gasteiger partial charge on any atom is -0.490 e. The molecule has 10 heteroatoms. The van der Waals surface area contributed by atoms with Gasteiger partial charge in [0.05, 0.1) is 29.7 Å². The summed E-state index contributed by atoms with van der Waals surface area (Å²) in [5.41, 5.74) is 0.801. The highest BCUT2D eigenvalue weighted by atomic mass is 19.4. The van der Waals surface area contributed by atoms with Crippen molar-refractivity contribution in [1.29, 1.82) is 0 Å². The van der Waals surface area contributed by atoms with Crippen molar-refractivity contribution in [2.45, 2.75) is 38.5 Å². The number of alkyl halides is 3. The predicted octanol–water partition coefficient (Wildman–Crippen LogP) is 5.25. The highest BCUT2D eigenvalue weighted by Gasteiger charge is 2.60. The summed E-state index contributed by atoms with van der Waals surface area (Å²) >= 11 is 0. The number of halogens is 4. The van der Waals surface area contributed by atoms with Crippen molar-refractivity contribution in [3.8, 4) is 5.75 Å². The Morgan fingerprint density at radius 2 is 1.85 bits per heavy atom. The number of fused-ring (bicyclic) bond motifs is 2. The standard InChI is InChI=1S/C24H22F4N4O2/c1-2-15(22(33)32-13-10-30-23(31-11-13)24(26,27)28)21-16-8-14(9-17(16)21)34-20-5-6-29-19-4-3-12(25)7-18(19)20/h3-7,10-11,14-17,21H,2,8-9H2,1H3,(H,32,33)/t14?,15?,16-,17+,21?. The van der Waals surface area contributed by atoms with E-state index in [-0.39, 0.29) is 35.4 Å². The molecule has 1 amide bonds. The molecule has 0 radical (unpaired) electrons. The number of carbonyl (C=O) groups excluding carboxylic acids is 1.